The van der Waals surface area contributed by atoms with Crippen molar-refractivity contribution in [3.8, 4) is 17.0 Å². The average molecular weight is 437 g/mol. The van der Waals surface area contributed by atoms with Crippen molar-refractivity contribution in [2.24, 2.45) is 5.92 Å². The highest BCUT2D eigenvalue weighted by atomic mass is 35.5. The molecule has 0 unspecified atom stereocenters. The van der Waals surface area contributed by atoms with E-state index in [1.165, 1.54) is 5.56 Å². The van der Waals surface area contributed by atoms with E-state index in [0.29, 0.717) is 16.5 Å². The van der Waals surface area contributed by atoms with Crippen LogP contribution in [-0.2, 0) is 4.79 Å². The smallest absolute Gasteiger partial charge is 0.227 e. The van der Waals surface area contributed by atoms with Gasteiger partial charge >= 0.3 is 0 Å². The van der Waals surface area contributed by atoms with Crippen molar-refractivity contribution in [2.45, 2.75) is 19.8 Å². The lowest BCUT2D eigenvalue weighted by Crippen LogP contribution is -2.38. The SMILES string of the molecule is COc1ccc(Cl)cc1NC(=O)C1CCN(c2ccc(-c3cccc(C)c3)nn2)CC1. The number of anilines is 2. The minimum atomic E-state index is -0.0699. The molecule has 0 atom stereocenters. The molecular formula is C24H25ClN4O2. The fourth-order valence-electron chi connectivity index (χ4n) is 3.84. The van der Waals surface area contributed by atoms with Gasteiger partial charge in [-0.2, -0.15) is 0 Å². The van der Waals surface area contributed by atoms with Gasteiger partial charge in [0.15, 0.2) is 5.82 Å². The molecule has 6 nitrogen and oxygen atoms in total. The molecule has 3 aromatic rings. The third kappa shape index (κ3) is 4.97. The van der Waals surface area contributed by atoms with E-state index < -0.39 is 0 Å². The zero-order chi connectivity index (χ0) is 21.8. The molecule has 0 aliphatic carbocycles. The number of aromatic nitrogens is 2. The number of carbonyl (C=O) groups is 1. The fourth-order valence-corrected chi connectivity index (χ4v) is 4.01. The normalized spacial score (nSPS) is 14.4. The number of rotatable bonds is 5. The van der Waals surface area contributed by atoms with Crippen LogP contribution in [0.5, 0.6) is 5.75 Å². The van der Waals surface area contributed by atoms with Crippen LogP contribution < -0.4 is 15.0 Å². The van der Waals surface area contributed by atoms with E-state index in [2.05, 4.69) is 39.5 Å². The topological polar surface area (TPSA) is 67.3 Å². The Morgan fingerprint density at radius 2 is 1.90 bits per heavy atom. The molecule has 31 heavy (non-hydrogen) atoms. The molecule has 4 rings (SSSR count). The van der Waals surface area contributed by atoms with Gasteiger partial charge in [0.2, 0.25) is 5.91 Å². The molecule has 160 valence electrons. The largest absolute Gasteiger partial charge is 0.495 e. The number of hydrogen-bond acceptors (Lipinski definition) is 5. The van der Waals surface area contributed by atoms with Gasteiger partial charge in [-0.3, -0.25) is 4.79 Å². The van der Waals surface area contributed by atoms with Gasteiger partial charge in [-0.1, -0.05) is 35.4 Å². The monoisotopic (exact) mass is 436 g/mol. The van der Waals surface area contributed by atoms with Crippen molar-refractivity contribution in [1.29, 1.82) is 0 Å². The van der Waals surface area contributed by atoms with Gasteiger partial charge in [-0.15, -0.1) is 10.2 Å². The first-order valence-corrected chi connectivity index (χ1v) is 10.7. The quantitative estimate of drug-likeness (QED) is 0.611. The Balaban J connectivity index is 1.36. The molecule has 2 aromatic carbocycles. The number of carbonyl (C=O) groups excluding carboxylic acids is 1. The number of amides is 1. The van der Waals surface area contributed by atoms with Crippen LogP contribution in [0.2, 0.25) is 5.02 Å². The molecular weight excluding hydrogens is 412 g/mol. The number of methoxy groups -OCH3 is 1. The van der Waals surface area contributed by atoms with Crippen molar-refractivity contribution < 1.29 is 9.53 Å². The van der Waals surface area contributed by atoms with Crippen molar-refractivity contribution in [1.82, 2.24) is 10.2 Å². The molecule has 0 radical (unpaired) electrons. The molecule has 2 heterocycles. The lowest BCUT2D eigenvalue weighted by atomic mass is 9.95. The van der Waals surface area contributed by atoms with Gasteiger partial charge in [-0.25, -0.2) is 0 Å². The average Bonchev–Trinajstić information content (AvgIpc) is 2.79. The first-order chi connectivity index (χ1) is 15.0. The maximum absolute atomic E-state index is 12.8. The van der Waals surface area contributed by atoms with Gasteiger partial charge in [0.25, 0.3) is 0 Å². The number of nitrogens with one attached hydrogen (secondary N) is 1. The van der Waals surface area contributed by atoms with Crippen LogP contribution in [0.3, 0.4) is 0 Å². The predicted octanol–water partition coefficient (Wildman–Crippen LogP) is 4.97. The van der Waals surface area contributed by atoms with E-state index in [0.717, 1.165) is 43.0 Å². The first kappa shape index (κ1) is 21.1. The van der Waals surface area contributed by atoms with E-state index in [1.807, 2.05) is 24.3 Å². The number of benzene rings is 2. The second-order valence-electron chi connectivity index (χ2n) is 7.74. The van der Waals surface area contributed by atoms with Crippen molar-refractivity contribution in [3.63, 3.8) is 0 Å². The zero-order valence-corrected chi connectivity index (χ0v) is 18.4. The standard InChI is InChI=1S/C24H25ClN4O2/c1-16-4-3-5-18(14-16)20-7-9-23(28-27-20)29-12-10-17(11-13-29)24(30)26-21-15-19(25)6-8-22(21)31-2/h3-9,14-15,17H,10-13H2,1-2H3,(H,26,30). The van der Waals surface area contributed by atoms with E-state index in [4.69, 9.17) is 16.3 Å². The Labute approximate surface area is 187 Å². The lowest BCUT2D eigenvalue weighted by Gasteiger charge is -2.32. The summed E-state index contributed by atoms with van der Waals surface area (Å²) in [7, 11) is 1.57. The highest BCUT2D eigenvalue weighted by molar-refractivity contribution is 6.31. The molecule has 7 heteroatoms. The maximum Gasteiger partial charge on any atom is 0.227 e. The van der Waals surface area contributed by atoms with Crippen LogP contribution in [0.1, 0.15) is 18.4 Å². The fraction of sp³-hybridized carbons (Fsp3) is 0.292. The maximum atomic E-state index is 12.8. The third-order valence-corrected chi connectivity index (χ3v) is 5.81. The molecule has 0 saturated carbocycles. The van der Waals surface area contributed by atoms with Crippen LogP contribution in [0.25, 0.3) is 11.3 Å². The number of nitrogens with zero attached hydrogens (tertiary/aromatic N) is 3. The second kappa shape index (κ2) is 9.35. The molecule has 1 aliphatic heterocycles. The zero-order valence-electron chi connectivity index (χ0n) is 17.6. The van der Waals surface area contributed by atoms with Crippen LogP contribution in [-0.4, -0.2) is 36.3 Å². The van der Waals surface area contributed by atoms with Crippen molar-refractivity contribution in [3.05, 3.63) is 65.2 Å². The molecule has 1 aromatic heterocycles. The summed E-state index contributed by atoms with van der Waals surface area (Å²) in [6, 6.07) is 17.4. The van der Waals surface area contributed by atoms with Gasteiger partial charge in [0.05, 0.1) is 18.5 Å². The van der Waals surface area contributed by atoms with Gasteiger partial charge < -0.3 is 15.0 Å². The van der Waals surface area contributed by atoms with Gasteiger partial charge in [-0.05, 0) is 56.2 Å². The van der Waals surface area contributed by atoms with E-state index >= 15 is 0 Å². The molecule has 1 N–H and O–H groups in total. The minimum Gasteiger partial charge on any atom is -0.495 e. The number of piperidine rings is 1. The Kier molecular flexibility index (Phi) is 6.37. The summed E-state index contributed by atoms with van der Waals surface area (Å²) in [6.07, 6.45) is 1.49. The van der Waals surface area contributed by atoms with E-state index in [1.54, 1.807) is 25.3 Å². The van der Waals surface area contributed by atoms with Gasteiger partial charge in [0, 0.05) is 29.6 Å². The Morgan fingerprint density at radius 1 is 1.10 bits per heavy atom. The molecule has 1 amide bonds. The lowest BCUT2D eigenvalue weighted by molar-refractivity contribution is -0.120. The summed E-state index contributed by atoms with van der Waals surface area (Å²) in [5, 5.41) is 12.3. The molecule has 0 spiro atoms. The highest BCUT2D eigenvalue weighted by Crippen LogP contribution is 2.30. The third-order valence-electron chi connectivity index (χ3n) is 5.57. The summed E-state index contributed by atoms with van der Waals surface area (Å²) in [6.45, 7) is 3.57. The summed E-state index contributed by atoms with van der Waals surface area (Å²) in [5.41, 5.74) is 3.71. The Bertz CT molecular complexity index is 1060. The Hall–Kier alpha value is -3.12. The number of aryl methyl sites for hydroxylation is 1. The number of hydrogen-bond donors (Lipinski definition) is 1. The van der Waals surface area contributed by atoms with Crippen LogP contribution in [0, 0.1) is 12.8 Å². The number of halogens is 1. The number of ether oxygens (including phenoxy) is 1. The molecule has 1 aliphatic rings. The van der Waals surface area contributed by atoms with Gasteiger partial charge in [0.1, 0.15) is 5.75 Å². The van der Waals surface area contributed by atoms with Crippen molar-refractivity contribution in [2.75, 3.05) is 30.4 Å². The highest BCUT2D eigenvalue weighted by Gasteiger charge is 2.26. The molecule has 0 bridgehead atoms. The summed E-state index contributed by atoms with van der Waals surface area (Å²) < 4.78 is 5.31. The second-order valence-corrected chi connectivity index (χ2v) is 8.18. The predicted molar refractivity (Wildman–Crippen MR) is 124 cm³/mol. The van der Waals surface area contributed by atoms with Crippen molar-refractivity contribution >= 4 is 29.0 Å². The molecule has 1 saturated heterocycles. The summed E-state index contributed by atoms with van der Waals surface area (Å²) >= 11 is 6.06. The van der Waals surface area contributed by atoms with E-state index in [9.17, 15) is 4.79 Å². The first-order valence-electron chi connectivity index (χ1n) is 10.3. The Morgan fingerprint density at radius 3 is 2.58 bits per heavy atom. The summed E-state index contributed by atoms with van der Waals surface area (Å²) in [5.74, 6) is 1.35. The molecule has 1 fully saturated rings. The van der Waals surface area contributed by atoms with Crippen LogP contribution in [0.4, 0.5) is 11.5 Å². The van der Waals surface area contributed by atoms with Crippen LogP contribution in [0.15, 0.2) is 54.6 Å². The minimum absolute atomic E-state index is 0.0129. The van der Waals surface area contributed by atoms with E-state index in [-0.39, 0.29) is 11.8 Å². The van der Waals surface area contributed by atoms with Crippen LogP contribution >= 0.6 is 11.6 Å². The summed E-state index contributed by atoms with van der Waals surface area (Å²) in [4.78, 5) is 14.9.